The first-order chi connectivity index (χ1) is 9.88. The van der Waals surface area contributed by atoms with Gasteiger partial charge >= 0.3 is 0 Å². The first-order valence-corrected chi connectivity index (χ1v) is 8.81. The molecular weight excluding hydrogens is 252 g/mol. The maximum Gasteiger partial charge on any atom is 0.164 e. The van der Waals surface area contributed by atoms with Crippen molar-refractivity contribution in [1.82, 2.24) is 0 Å². The molecule has 4 fully saturated rings. The van der Waals surface area contributed by atoms with Gasteiger partial charge in [-0.1, -0.05) is 45.4 Å². The first-order valence-electron chi connectivity index (χ1n) is 8.81. The lowest BCUT2D eigenvalue weighted by molar-refractivity contribution is -0.267. The normalized spacial score (nSPS) is 48.1. The Bertz CT molecular complexity index is 345. The highest BCUT2D eigenvalue weighted by Gasteiger charge is 2.64. The van der Waals surface area contributed by atoms with Gasteiger partial charge in [0.1, 0.15) is 0 Å². The second-order valence-corrected chi connectivity index (χ2v) is 7.24. The van der Waals surface area contributed by atoms with Crippen LogP contribution in [0.25, 0.3) is 0 Å². The van der Waals surface area contributed by atoms with E-state index >= 15 is 0 Å². The van der Waals surface area contributed by atoms with Gasteiger partial charge in [-0.05, 0) is 24.7 Å². The van der Waals surface area contributed by atoms with Crippen molar-refractivity contribution in [3.8, 4) is 0 Å². The molecule has 2 bridgehead atoms. The van der Waals surface area contributed by atoms with E-state index in [4.69, 9.17) is 14.2 Å². The van der Waals surface area contributed by atoms with E-state index in [1.54, 1.807) is 0 Å². The topological polar surface area (TPSA) is 27.7 Å². The minimum Gasteiger partial charge on any atom is -0.352 e. The van der Waals surface area contributed by atoms with Crippen LogP contribution in [0.1, 0.15) is 58.3 Å². The Hall–Kier alpha value is -0.120. The predicted molar refractivity (Wildman–Crippen MR) is 76.1 cm³/mol. The minimum atomic E-state index is 0.0524. The fraction of sp³-hybridized carbons (Fsp3) is 1.00. The van der Waals surface area contributed by atoms with Crippen molar-refractivity contribution in [3.63, 3.8) is 0 Å². The van der Waals surface area contributed by atoms with E-state index in [1.807, 2.05) is 0 Å². The Kier molecular flexibility index (Phi) is 3.78. The van der Waals surface area contributed by atoms with E-state index in [9.17, 15) is 0 Å². The first kappa shape index (κ1) is 13.5. The molecule has 1 saturated carbocycles. The van der Waals surface area contributed by atoms with Crippen molar-refractivity contribution in [1.29, 1.82) is 0 Å². The molecule has 114 valence electrons. The zero-order chi connectivity index (χ0) is 13.5. The highest BCUT2D eigenvalue weighted by molar-refractivity contribution is 5.05. The lowest BCUT2D eigenvalue weighted by Gasteiger charge is -2.30. The van der Waals surface area contributed by atoms with Gasteiger partial charge in [0.05, 0.1) is 12.7 Å². The average molecular weight is 280 g/mol. The zero-order valence-electron chi connectivity index (χ0n) is 12.6. The van der Waals surface area contributed by atoms with Crippen molar-refractivity contribution in [2.75, 3.05) is 6.61 Å². The Balaban J connectivity index is 1.28. The van der Waals surface area contributed by atoms with Crippen LogP contribution >= 0.6 is 0 Å². The Labute approximate surface area is 122 Å². The molecule has 4 rings (SSSR count). The summed E-state index contributed by atoms with van der Waals surface area (Å²) in [4.78, 5) is 0. The average Bonchev–Trinajstić information content (AvgIpc) is 3.07. The van der Waals surface area contributed by atoms with E-state index in [-0.39, 0.29) is 12.6 Å². The lowest BCUT2D eigenvalue weighted by Crippen LogP contribution is -2.35. The molecule has 0 aromatic heterocycles. The maximum atomic E-state index is 6.22. The second-order valence-electron chi connectivity index (χ2n) is 7.24. The van der Waals surface area contributed by atoms with Crippen LogP contribution in [0.3, 0.4) is 0 Å². The van der Waals surface area contributed by atoms with Crippen LogP contribution in [-0.2, 0) is 14.2 Å². The third-order valence-corrected chi connectivity index (χ3v) is 6.08. The van der Waals surface area contributed by atoms with E-state index in [1.165, 1.54) is 51.4 Å². The summed E-state index contributed by atoms with van der Waals surface area (Å²) in [7, 11) is 0. The molecule has 0 aromatic rings. The van der Waals surface area contributed by atoms with E-state index in [0.29, 0.717) is 17.9 Å². The van der Waals surface area contributed by atoms with Crippen LogP contribution in [0, 0.1) is 23.7 Å². The Morgan fingerprint density at radius 1 is 0.850 bits per heavy atom. The largest absolute Gasteiger partial charge is 0.352 e. The molecule has 0 aromatic carbocycles. The quantitative estimate of drug-likeness (QED) is 0.665. The van der Waals surface area contributed by atoms with Gasteiger partial charge in [-0.25, -0.2) is 0 Å². The van der Waals surface area contributed by atoms with Gasteiger partial charge in [0.25, 0.3) is 0 Å². The summed E-state index contributed by atoms with van der Waals surface area (Å²) >= 11 is 0. The summed E-state index contributed by atoms with van der Waals surface area (Å²) in [5, 5.41) is 0. The number of hydrogen-bond donors (Lipinski definition) is 0. The third-order valence-electron chi connectivity index (χ3n) is 6.08. The highest BCUT2D eigenvalue weighted by atomic mass is 16.8. The van der Waals surface area contributed by atoms with Crippen LogP contribution in [0.4, 0.5) is 0 Å². The molecule has 3 saturated heterocycles. The van der Waals surface area contributed by atoms with Crippen molar-refractivity contribution >= 4 is 0 Å². The predicted octanol–water partition coefficient (Wildman–Crippen LogP) is 3.72. The summed E-state index contributed by atoms with van der Waals surface area (Å²) in [5.74, 6) is 2.81. The summed E-state index contributed by atoms with van der Waals surface area (Å²) in [6, 6.07) is 0. The molecule has 7 atom stereocenters. The summed E-state index contributed by atoms with van der Waals surface area (Å²) in [6.45, 7) is 3.19. The molecule has 4 aliphatic rings. The molecule has 1 aliphatic carbocycles. The molecule has 3 aliphatic heterocycles. The number of hydrogen-bond acceptors (Lipinski definition) is 3. The number of unbranched alkanes of at least 4 members (excludes halogenated alkanes) is 5. The van der Waals surface area contributed by atoms with Crippen LogP contribution in [0.5, 0.6) is 0 Å². The molecule has 0 radical (unpaired) electrons. The molecule has 3 nitrogen and oxygen atoms in total. The summed E-state index contributed by atoms with van der Waals surface area (Å²) in [5.41, 5.74) is 0. The van der Waals surface area contributed by atoms with Gasteiger partial charge in [0.2, 0.25) is 0 Å². The van der Waals surface area contributed by atoms with Gasteiger partial charge in [-0.2, -0.15) is 0 Å². The standard InChI is InChI=1S/C17H28O3/c1-2-3-4-5-6-7-8-14-15-12-9-11-13(15)10-18-16(11)20-17(12)19-14/h11-17H,2-10H2,1H3/t11-,12+,13+,14+,15+,16-,17+/m0/s1. The maximum absolute atomic E-state index is 6.22. The summed E-state index contributed by atoms with van der Waals surface area (Å²) in [6.07, 6.45) is 11.3. The van der Waals surface area contributed by atoms with Gasteiger partial charge in [0, 0.05) is 11.8 Å². The smallest absolute Gasteiger partial charge is 0.164 e. The molecule has 0 amide bonds. The SMILES string of the molecule is CCCCCCCC[C@H]1O[C@@H]2O[C@@H]3OC[C@@H]4[C@@H]3C[C@@H]2[C@H]41. The Morgan fingerprint density at radius 2 is 1.70 bits per heavy atom. The monoisotopic (exact) mass is 280 g/mol. The molecule has 0 spiro atoms. The fourth-order valence-electron chi connectivity index (χ4n) is 5.13. The Morgan fingerprint density at radius 3 is 2.60 bits per heavy atom. The van der Waals surface area contributed by atoms with E-state index in [0.717, 1.165) is 18.4 Å². The van der Waals surface area contributed by atoms with E-state index in [2.05, 4.69) is 6.92 Å². The minimum absolute atomic E-state index is 0.0524. The molecule has 3 heterocycles. The molecule has 3 heteroatoms. The molecule has 0 N–H and O–H groups in total. The summed E-state index contributed by atoms with van der Waals surface area (Å²) < 4.78 is 18.0. The van der Waals surface area contributed by atoms with Gasteiger partial charge in [-0.15, -0.1) is 0 Å². The van der Waals surface area contributed by atoms with Gasteiger partial charge < -0.3 is 14.2 Å². The van der Waals surface area contributed by atoms with Crippen molar-refractivity contribution in [2.45, 2.75) is 77.0 Å². The van der Waals surface area contributed by atoms with Crippen LogP contribution in [0.2, 0.25) is 0 Å². The second kappa shape index (κ2) is 5.58. The van der Waals surface area contributed by atoms with Crippen LogP contribution < -0.4 is 0 Å². The zero-order valence-corrected chi connectivity index (χ0v) is 12.6. The van der Waals surface area contributed by atoms with Gasteiger partial charge in [-0.3, -0.25) is 0 Å². The fourth-order valence-corrected chi connectivity index (χ4v) is 5.13. The third kappa shape index (κ3) is 2.13. The van der Waals surface area contributed by atoms with Crippen LogP contribution in [-0.4, -0.2) is 25.3 Å². The lowest BCUT2D eigenvalue weighted by atomic mass is 9.84. The van der Waals surface area contributed by atoms with Crippen molar-refractivity contribution < 1.29 is 14.2 Å². The molecule has 0 unspecified atom stereocenters. The molecular formula is C17H28O3. The number of ether oxygens (including phenoxy) is 3. The number of rotatable bonds is 7. The number of fused-ring (bicyclic) bond motifs is 1. The van der Waals surface area contributed by atoms with Gasteiger partial charge in [0.15, 0.2) is 12.6 Å². The molecule has 20 heavy (non-hydrogen) atoms. The highest BCUT2D eigenvalue weighted by Crippen LogP contribution is 2.59. The van der Waals surface area contributed by atoms with Crippen LogP contribution in [0.15, 0.2) is 0 Å². The van der Waals surface area contributed by atoms with Crippen molar-refractivity contribution in [2.24, 2.45) is 23.7 Å². The van der Waals surface area contributed by atoms with E-state index < -0.39 is 0 Å². The van der Waals surface area contributed by atoms with Crippen molar-refractivity contribution in [3.05, 3.63) is 0 Å².